The molecular weight excluding hydrogens is 934 g/mol. The van der Waals surface area contributed by atoms with Gasteiger partial charge in [-0.15, -0.1) is 0 Å². The van der Waals surface area contributed by atoms with Gasteiger partial charge >= 0.3 is 15.1 Å². The smallest absolute Gasteiger partial charge is 0.762 e. The summed E-state index contributed by atoms with van der Waals surface area (Å²) in [7, 11) is -7.33. The van der Waals surface area contributed by atoms with Crippen molar-refractivity contribution in [3.63, 3.8) is 0 Å². The zero-order valence-electron chi connectivity index (χ0n) is 42.7. The quantitative estimate of drug-likeness (QED) is 0.0719. The number of hydrogen-bond acceptors (Lipinski definition) is 0. The molecule has 0 unspecified atom stereocenters. The average Bonchev–Trinajstić information content (AvgIpc) is 3.30. The Labute approximate surface area is 424 Å². The molecule has 0 atom stereocenters. The number of para-hydroxylation sites is 4. The Balaban J connectivity index is 0.000000232. The number of fused-ring (bicyclic) bond motifs is 4. The number of hydrogen-bond donors (Lipinski definition) is 0. The fourth-order valence-corrected chi connectivity index (χ4v) is 10.1. The van der Waals surface area contributed by atoms with E-state index in [4.69, 9.17) is 0 Å². The maximum Gasteiger partial charge on any atom is 0.762 e. The molecule has 0 spiro atoms. The topological polar surface area (TPSA) is 7.76 Å². The molecule has 0 radical (unpaired) electrons. The maximum atomic E-state index is 9.67. The minimum absolute atomic E-state index is 0. The SMILES string of the molecule is Cc1cc(C)c(-c2c3ccc(C)cc3[n+](-c3ccccc3)c3cc(C(C)(C)C)ccc23)c(C)c1.Cc1cc(C)c(-c2c3ccccc3[n+](-c3ccccc3)c3ccccc23)c(C)c1.FB(F)F.FB(F)F.[F-].[F-]. The van der Waals surface area contributed by atoms with Gasteiger partial charge in [0.1, 0.15) is 0 Å². The Kier molecular flexibility index (Phi) is 18.5. The number of aromatic nitrogens is 2. The van der Waals surface area contributed by atoms with E-state index in [-0.39, 0.29) is 14.8 Å². The molecule has 0 bridgehead atoms. The van der Waals surface area contributed by atoms with Crippen LogP contribution < -0.4 is 18.5 Å². The highest BCUT2D eigenvalue weighted by atomic mass is 19.4. The van der Waals surface area contributed by atoms with Gasteiger partial charge in [0.25, 0.3) is 0 Å². The summed E-state index contributed by atoms with van der Waals surface area (Å²) < 4.78 is 62.8. The van der Waals surface area contributed by atoms with E-state index in [2.05, 4.69) is 248 Å². The Morgan fingerprint density at radius 2 is 0.644 bits per heavy atom. The fourth-order valence-electron chi connectivity index (χ4n) is 10.1. The molecule has 0 fully saturated rings. The molecule has 0 saturated heterocycles. The highest BCUT2D eigenvalue weighted by Gasteiger charge is 2.28. The van der Waals surface area contributed by atoms with E-state index in [1.807, 2.05) is 0 Å². The van der Waals surface area contributed by atoms with Gasteiger partial charge in [0, 0.05) is 59.7 Å². The first-order chi connectivity index (χ1) is 33.8. The Morgan fingerprint density at radius 3 is 1.03 bits per heavy atom. The van der Waals surface area contributed by atoms with Gasteiger partial charge < -0.3 is 9.41 Å². The van der Waals surface area contributed by atoms with Crippen LogP contribution in [0.25, 0.3) is 77.2 Å². The van der Waals surface area contributed by atoms with Gasteiger partial charge in [-0.2, -0.15) is 9.13 Å². The predicted molar refractivity (Wildman–Crippen MR) is 287 cm³/mol. The lowest BCUT2D eigenvalue weighted by Gasteiger charge is -2.21. The lowest BCUT2D eigenvalue weighted by molar-refractivity contribution is -0.538. The molecule has 2 aromatic heterocycles. The van der Waals surface area contributed by atoms with Gasteiger partial charge in [0.05, 0.1) is 21.5 Å². The van der Waals surface area contributed by atoms with Crippen LogP contribution >= 0.6 is 0 Å². The maximum absolute atomic E-state index is 9.67. The van der Waals surface area contributed by atoms with E-state index in [1.165, 1.54) is 122 Å². The standard InChI is InChI=1S/C33H34N.C28H24N.2BF3.2FH/c1-21-13-15-27-29(19-21)34(26-11-9-8-10-12-26)30-20-25(33(5,6)7)14-16-28(30)32(27)31-23(3)17-22(2)18-24(31)4;1-19-17-20(2)27(21(3)18-19)28-23-13-7-9-15-25(23)29(22-11-5-4-6-12-22)26-16-10-8-14-24(26)28;2*2-1(3)4;;/h8-20H,1-7H3;4-18H,1-3H3;;;2*1H/q2*+1;;;;/p-2. The molecule has 0 saturated carbocycles. The fraction of sp³-hybridized carbons (Fsp3) is 0.180. The van der Waals surface area contributed by atoms with E-state index in [9.17, 15) is 25.9 Å². The zero-order valence-corrected chi connectivity index (χ0v) is 42.7. The van der Waals surface area contributed by atoms with E-state index < -0.39 is 15.1 Å². The highest BCUT2D eigenvalue weighted by molar-refractivity contribution is 6.33. The molecule has 10 rings (SSSR count). The van der Waals surface area contributed by atoms with Gasteiger partial charge in [-0.1, -0.05) is 129 Å². The highest BCUT2D eigenvalue weighted by Crippen LogP contribution is 2.41. The van der Waals surface area contributed by atoms with Crippen LogP contribution in [0.1, 0.15) is 65.3 Å². The number of nitrogens with zero attached hydrogens (tertiary/aromatic N) is 2. The van der Waals surface area contributed by atoms with Crippen LogP contribution in [0.5, 0.6) is 0 Å². The molecule has 8 aromatic carbocycles. The number of aryl methyl sites for hydroxylation is 7. The van der Waals surface area contributed by atoms with E-state index in [0.29, 0.717) is 0 Å². The molecular formula is C61H58B2F8N2. The van der Waals surface area contributed by atoms with Crippen LogP contribution in [0, 0.1) is 48.5 Å². The van der Waals surface area contributed by atoms with E-state index >= 15 is 0 Å². The second-order valence-electron chi connectivity index (χ2n) is 19.2. The molecule has 2 nitrogen and oxygen atoms in total. The largest absolute Gasteiger partial charge is 1.00 e. The van der Waals surface area contributed by atoms with Crippen molar-refractivity contribution >= 4 is 58.7 Å². The second-order valence-corrected chi connectivity index (χ2v) is 19.2. The summed E-state index contributed by atoms with van der Waals surface area (Å²) in [6, 6.07) is 62.2. The van der Waals surface area contributed by atoms with Crippen LogP contribution in [-0.2, 0) is 5.41 Å². The third kappa shape index (κ3) is 12.5. The first kappa shape index (κ1) is 56.6. The van der Waals surface area contributed by atoms with Gasteiger partial charge in [0.15, 0.2) is 0 Å². The van der Waals surface area contributed by atoms with Crippen LogP contribution in [-0.4, -0.2) is 15.1 Å². The van der Waals surface area contributed by atoms with Crippen molar-refractivity contribution < 1.29 is 44.4 Å². The first-order valence-corrected chi connectivity index (χ1v) is 23.7. The number of halogens is 8. The number of pyridine rings is 2. The zero-order chi connectivity index (χ0) is 51.3. The molecule has 10 aromatic rings. The third-order valence-electron chi connectivity index (χ3n) is 12.7. The average molecular weight is 993 g/mol. The van der Waals surface area contributed by atoms with Gasteiger partial charge in [0.2, 0.25) is 33.4 Å². The predicted octanol–water partition coefficient (Wildman–Crippen LogP) is 11.1. The molecule has 73 heavy (non-hydrogen) atoms. The summed E-state index contributed by atoms with van der Waals surface area (Å²) in [6.07, 6.45) is 0. The molecule has 0 aliphatic carbocycles. The molecule has 0 aliphatic rings. The summed E-state index contributed by atoms with van der Waals surface area (Å²) in [5.74, 6) is 0. The van der Waals surface area contributed by atoms with Crippen molar-refractivity contribution in [1.29, 1.82) is 0 Å². The third-order valence-corrected chi connectivity index (χ3v) is 12.7. The van der Waals surface area contributed by atoms with Crippen molar-refractivity contribution in [3.8, 4) is 33.6 Å². The summed E-state index contributed by atoms with van der Waals surface area (Å²) in [6.45, 7) is 22.4. The Hall–Kier alpha value is -7.33. The minimum atomic E-state index is -3.67. The van der Waals surface area contributed by atoms with Crippen LogP contribution in [0.4, 0.5) is 25.9 Å². The van der Waals surface area contributed by atoms with Crippen molar-refractivity contribution in [2.75, 3.05) is 0 Å². The molecule has 12 heteroatoms. The summed E-state index contributed by atoms with van der Waals surface area (Å²) in [5.41, 5.74) is 23.3. The van der Waals surface area contributed by atoms with E-state index in [0.717, 1.165) is 0 Å². The molecule has 0 amide bonds. The van der Waals surface area contributed by atoms with Crippen LogP contribution in [0.2, 0.25) is 0 Å². The van der Waals surface area contributed by atoms with Crippen molar-refractivity contribution in [1.82, 2.24) is 0 Å². The number of benzene rings is 8. The van der Waals surface area contributed by atoms with Gasteiger partial charge in [-0.3, -0.25) is 25.9 Å². The molecule has 0 N–H and O–H groups in total. The van der Waals surface area contributed by atoms with Crippen LogP contribution in [0.3, 0.4) is 0 Å². The van der Waals surface area contributed by atoms with E-state index in [1.54, 1.807) is 0 Å². The summed E-state index contributed by atoms with van der Waals surface area (Å²) >= 11 is 0. The minimum Gasteiger partial charge on any atom is -1.00 e. The summed E-state index contributed by atoms with van der Waals surface area (Å²) in [4.78, 5) is 0. The molecule has 0 aliphatic heterocycles. The lowest BCUT2D eigenvalue weighted by atomic mass is 9.84. The van der Waals surface area contributed by atoms with Crippen molar-refractivity contribution in [2.24, 2.45) is 0 Å². The molecule has 374 valence electrons. The van der Waals surface area contributed by atoms with Crippen molar-refractivity contribution in [3.05, 3.63) is 214 Å². The second kappa shape index (κ2) is 23.9. The van der Waals surface area contributed by atoms with Crippen LogP contribution in [0.15, 0.2) is 170 Å². The monoisotopic (exact) mass is 992 g/mol. The molecule has 2 heterocycles. The lowest BCUT2D eigenvalue weighted by Crippen LogP contribution is -3.00. The van der Waals surface area contributed by atoms with Gasteiger partial charge in [-0.25, -0.2) is 0 Å². The first-order valence-electron chi connectivity index (χ1n) is 23.7. The van der Waals surface area contributed by atoms with Crippen molar-refractivity contribution in [2.45, 2.75) is 74.7 Å². The Morgan fingerprint density at radius 1 is 0.329 bits per heavy atom. The Bertz CT molecular complexity index is 3410. The normalized spacial score (nSPS) is 10.8. The van der Waals surface area contributed by atoms with Gasteiger partial charge in [-0.05, 0) is 123 Å². The summed E-state index contributed by atoms with van der Waals surface area (Å²) in [5, 5.41) is 5.15. The number of rotatable bonds is 4.